The van der Waals surface area contributed by atoms with E-state index in [9.17, 15) is 4.79 Å². The van der Waals surface area contributed by atoms with Crippen LogP contribution in [0.4, 0.5) is 10.6 Å². The lowest BCUT2D eigenvalue weighted by molar-refractivity contribution is 0.0638. The summed E-state index contributed by atoms with van der Waals surface area (Å²) < 4.78 is 5.34. The zero-order valence-electron chi connectivity index (χ0n) is 12.5. The molecule has 1 heterocycles. The highest BCUT2D eigenvalue weighted by molar-refractivity contribution is 5.88. The van der Waals surface area contributed by atoms with E-state index in [4.69, 9.17) is 4.74 Å². The number of anilines is 1. The average Bonchev–Trinajstić information content (AvgIpc) is 2.95. The first kappa shape index (κ1) is 14.3. The minimum Gasteiger partial charge on any atom is -0.381 e. The maximum atomic E-state index is 12.0. The number of aromatic nitrogens is 1. The third-order valence-corrected chi connectivity index (χ3v) is 4.51. The Balaban J connectivity index is 1.50. The van der Waals surface area contributed by atoms with Crippen LogP contribution in [0.25, 0.3) is 0 Å². The molecule has 5 nitrogen and oxygen atoms in total. The summed E-state index contributed by atoms with van der Waals surface area (Å²) in [5, 5.41) is 5.89. The smallest absolute Gasteiger partial charge is 0.320 e. The first-order valence-corrected chi connectivity index (χ1v) is 7.83. The van der Waals surface area contributed by atoms with Crippen molar-refractivity contribution in [1.82, 2.24) is 10.3 Å². The number of carbonyl (C=O) groups excluding carboxylic acids is 1. The molecule has 114 valence electrons. The van der Waals surface area contributed by atoms with Gasteiger partial charge in [-0.25, -0.2) is 9.78 Å². The van der Waals surface area contributed by atoms with Gasteiger partial charge in [0.1, 0.15) is 5.82 Å². The van der Waals surface area contributed by atoms with Crippen molar-refractivity contribution in [2.24, 2.45) is 0 Å². The van der Waals surface area contributed by atoms with Gasteiger partial charge in [0.25, 0.3) is 0 Å². The van der Waals surface area contributed by atoms with E-state index < -0.39 is 0 Å². The third kappa shape index (κ3) is 3.53. The van der Waals surface area contributed by atoms with Crippen LogP contribution in [0.3, 0.4) is 0 Å². The molecule has 21 heavy (non-hydrogen) atoms. The molecule has 0 bridgehead atoms. The molecule has 5 heteroatoms. The van der Waals surface area contributed by atoms with Gasteiger partial charge in [0.05, 0.1) is 6.10 Å². The highest BCUT2D eigenvalue weighted by Gasteiger charge is 2.22. The molecule has 3 rings (SSSR count). The van der Waals surface area contributed by atoms with Gasteiger partial charge >= 0.3 is 6.03 Å². The van der Waals surface area contributed by atoms with Crippen LogP contribution in [-0.2, 0) is 17.6 Å². The highest BCUT2D eigenvalue weighted by Crippen LogP contribution is 2.22. The summed E-state index contributed by atoms with van der Waals surface area (Å²) in [6.45, 7) is 0. The molecule has 2 aliphatic carbocycles. The average molecular weight is 289 g/mol. The molecule has 2 N–H and O–H groups in total. The number of amides is 2. The molecular formula is C16H23N3O2. The second-order valence-electron chi connectivity index (χ2n) is 5.96. The summed E-state index contributed by atoms with van der Waals surface area (Å²) in [7, 11) is 1.75. The Morgan fingerprint density at radius 1 is 1.24 bits per heavy atom. The Morgan fingerprint density at radius 2 is 2.05 bits per heavy atom. The molecule has 1 saturated carbocycles. The van der Waals surface area contributed by atoms with Crippen molar-refractivity contribution in [3.8, 4) is 0 Å². The van der Waals surface area contributed by atoms with Crippen LogP contribution in [-0.4, -0.2) is 30.3 Å². The number of pyridine rings is 1. The van der Waals surface area contributed by atoms with Gasteiger partial charge < -0.3 is 10.1 Å². The number of methoxy groups -OCH3 is 1. The molecule has 1 aromatic heterocycles. The molecule has 0 spiro atoms. The summed E-state index contributed by atoms with van der Waals surface area (Å²) in [4.78, 5) is 16.6. The van der Waals surface area contributed by atoms with E-state index in [1.165, 1.54) is 12.0 Å². The van der Waals surface area contributed by atoms with Crippen molar-refractivity contribution in [1.29, 1.82) is 0 Å². The van der Waals surface area contributed by atoms with E-state index in [1.807, 2.05) is 6.07 Å². The molecule has 0 aliphatic heterocycles. The molecule has 0 atom stereocenters. The number of fused-ring (bicyclic) bond motifs is 1. The molecular weight excluding hydrogens is 266 g/mol. The number of nitrogens with zero attached hydrogens (tertiary/aromatic N) is 1. The molecule has 0 aromatic carbocycles. The summed E-state index contributed by atoms with van der Waals surface area (Å²) in [5.41, 5.74) is 2.45. The van der Waals surface area contributed by atoms with Crippen LogP contribution in [0, 0.1) is 0 Å². The van der Waals surface area contributed by atoms with E-state index in [-0.39, 0.29) is 12.1 Å². The predicted octanol–water partition coefficient (Wildman–Crippen LogP) is 2.65. The summed E-state index contributed by atoms with van der Waals surface area (Å²) in [6, 6.07) is 4.06. The Bertz CT molecular complexity index is 510. The van der Waals surface area contributed by atoms with Gasteiger partial charge in [0.15, 0.2) is 0 Å². The Labute approximate surface area is 125 Å². The van der Waals surface area contributed by atoms with Crippen LogP contribution >= 0.6 is 0 Å². The maximum Gasteiger partial charge on any atom is 0.320 e. The zero-order chi connectivity index (χ0) is 14.7. The fraction of sp³-hybridized carbons (Fsp3) is 0.625. The molecule has 0 radical (unpaired) electrons. The van der Waals surface area contributed by atoms with E-state index >= 15 is 0 Å². The normalized spacial score (nSPS) is 24.4. The quantitative estimate of drug-likeness (QED) is 0.899. The fourth-order valence-electron chi connectivity index (χ4n) is 3.27. The second kappa shape index (κ2) is 6.43. The summed E-state index contributed by atoms with van der Waals surface area (Å²) >= 11 is 0. The van der Waals surface area contributed by atoms with Crippen LogP contribution in [0.2, 0.25) is 0 Å². The number of hydrogen-bond donors (Lipinski definition) is 2. The van der Waals surface area contributed by atoms with E-state index in [0.717, 1.165) is 44.2 Å². The standard InChI is InChI=1S/C16H23N3O2/c1-21-13-8-6-12(7-9-13)17-16(20)19-15-10-5-11-3-2-4-14(11)18-15/h5,10,12-13H,2-4,6-9H2,1H3,(H2,17,18,19,20). The zero-order valence-corrected chi connectivity index (χ0v) is 12.5. The van der Waals surface area contributed by atoms with Gasteiger partial charge in [-0.2, -0.15) is 0 Å². The maximum absolute atomic E-state index is 12.0. The van der Waals surface area contributed by atoms with Crippen LogP contribution < -0.4 is 10.6 Å². The molecule has 1 fully saturated rings. The largest absolute Gasteiger partial charge is 0.381 e. The molecule has 2 amide bonds. The second-order valence-corrected chi connectivity index (χ2v) is 5.96. The van der Waals surface area contributed by atoms with Crippen molar-refractivity contribution in [2.75, 3.05) is 12.4 Å². The summed E-state index contributed by atoms with van der Waals surface area (Å²) in [5.74, 6) is 0.652. The van der Waals surface area contributed by atoms with E-state index in [0.29, 0.717) is 11.9 Å². The number of ether oxygens (including phenoxy) is 1. The Morgan fingerprint density at radius 3 is 2.81 bits per heavy atom. The van der Waals surface area contributed by atoms with Gasteiger partial charge in [-0.3, -0.25) is 5.32 Å². The number of nitrogens with one attached hydrogen (secondary N) is 2. The Kier molecular flexibility index (Phi) is 4.39. The van der Waals surface area contributed by atoms with Crippen molar-refractivity contribution in [3.63, 3.8) is 0 Å². The van der Waals surface area contributed by atoms with Crippen molar-refractivity contribution < 1.29 is 9.53 Å². The van der Waals surface area contributed by atoms with Gasteiger partial charge in [-0.15, -0.1) is 0 Å². The highest BCUT2D eigenvalue weighted by atomic mass is 16.5. The number of aryl methyl sites for hydroxylation is 2. The van der Waals surface area contributed by atoms with E-state index in [1.54, 1.807) is 7.11 Å². The van der Waals surface area contributed by atoms with Crippen molar-refractivity contribution >= 4 is 11.8 Å². The van der Waals surface area contributed by atoms with Gasteiger partial charge in [0.2, 0.25) is 0 Å². The van der Waals surface area contributed by atoms with Gasteiger partial charge in [-0.1, -0.05) is 6.07 Å². The molecule has 0 saturated heterocycles. The van der Waals surface area contributed by atoms with Crippen molar-refractivity contribution in [2.45, 2.75) is 57.1 Å². The molecule has 1 aromatic rings. The molecule has 2 aliphatic rings. The van der Waals surface area contributed by atoms with Crippen LogP contribution in [0.1, 0.15) is 43.4 Å². The first-order chi connectivity index (χ1) is 10.2. The number of rotatable bonds is 3. The fourth-order valence-corrected chi connectivity index (χ4v) is 3.27. The number of urea groups is 1. The summed E-state index contributed by atoms with van der Waals surface area (Å²) in [6.07, 6.45) is 7.63. The van der Waals surface area contributed by atoms with E-state index in [2.05, 4.69) is 21.7 Å². The minimum atomic E-state index is -0.152. The first-order valence-electron chi connectivity index (χ1n) is 7.83. The Hall–Kier alpha value is -1.62. The van der Waals surface area contributed by atoms with Crippen molar-refractivity contribution in [3.05, 3.63) is 23.4 Å². The van der Waals surface area contributed by atoms with Gasteiger partial charge in [-0.05, 0) is 56.6 Å². The third-order valence-electron chi connectivity index (χ3n) is 4.51. The van der Waals surface area contributed by atoms with Gasteiger partial charge in [0, 0.05) is 18.8 Å². The van der Waals surface area contributed by atoms with Crippen LogP contribution in [0.5, 0.6) is 0 Å². The topological polar surface area (TPSA) is 63.2 Å². The number of hydrogen-bond acceptors (Lipinski definition) is 3. The lowest BCUT2D eigenvalue weighted by atomic mass is 9.93. The minimum absolute atomic E-state index is 0.152. The van der Waals surface area contributed by atoms with Crippen LogP contribution in [0.15, 0.2) is 12.1 Å². The SMILES string of the molecule is COC1CCC(NC(=O)Nc2ccc3c(n2)CCC3)CC1. The monoisotopic (exact) mass is 289 g/mol. The molecule has 0 unspecified atom stereocenters. The lowest BCUT2D eigenvalue weighted by Gasteiger charge is -2.28. The lowest BCUT2D eigenvalue weighted by Crippen LogP contribution is -2.41. The predicted molar refractivity (Wildman–Crippen MR) is 81.5 cm³/mol. The number of carbonyl (C=O) groups is 1.